The fourth-order valence-corrected chi connectivity index (χ4v) is 2.25. The zero-order valence-corrected chi connectivity index (χ0v) is 13.0. The van der Waals surface area contributed by atoms with E-state index in [9.17, 15) is 15.0 Å². The van der Waals surface area contributed by atoms with E-state index in [1.165, 1.54) is 30.3 Å². The number of hydrazone groups is 1. The molecule has 0 aliphatic heterocycles. The predicted octanol–water partition coefficient (Wildman–Crippen LogP) is 3.56. The third-order valence-electron chi connectivity index (χ3n) is 2.87. The van der Waals surface area contributed by atoms with Crippen LogP contribution < -0.4 is 5.43 Å². The number of aromatic hydroxyl groups is 2. The molecule has 7 heteroatoms. The van der Waals surface area contributed by atoms with Crippen LogP contribution in [0.2, 0.25) is 10.0 Å². The third kappa shape index (κ3) is 3.69. The second-order valence-corrected chi connectivity index (χ2v) is 5.31. The van der Waals surface area contributed by atoms with E-state index in [4.69, 9.17) is 23.2 Å². The molecule has 2 aromatic rings. The normalized spacial score (nSPS) is 11.3. The van der Waals surface area contributed by atoms with Gasteiger partial charge in [0.05, 0.1) is 16.3 Å². The smallest absolute Gasteiger partial charge is 0.272 e. The number of benzene rings is 2. The SMILES string of the molecule is C/C(=N\NC(=O)c1ccc(Cl)cc1Cl)c1ccc(O)cc1O. The van der Waals surface area contributed by atoms with Crippen molar-refractivity contribution in [3.05, 3.63) is 57.6 Å². The van der Waals surface area contributed by atoms with E-state index in [2.05, 4.69) is 10.5 Å². The molecule has 2 aromatic carbocycles. The molecule has 0 heterocycles. The Balaban J connectivity index is 2.18. The van der Waals surface area contributed by atoms with E-state index >= 15 is 0 Å². The molecule has 0 unspecified atom stereocenters. The van der Waals surface area contributed by atoms with Gasteiger partial charge in [-0.25, -0.2) is 5.43 Å². The Labute approximate surface area is 136 Å². The molecule has 0 fully saturated rings. The molecule has 0 saturated carbocycles. The van der Waals surface area contributed by atoms with Gasteiger partial charge in [0.1, 0.15) is 11.5 Å². The third-order valence-corrected chi connectivity index (χ3v) is 3.42. The Kier molecular flexibility index (Phi) is 4.90. The van der Waals surface area contributed by atoms with Crippen LogP contribution >= 0.6 is 23.2 Å². The lowest BCUT2D eigenvalue weighted by Crippen LogP contribution is -2.19. The monoisotopic (exact) mass is 338 g/mol. The van der Waals surface area contributed by atoms with Crippen LogP contribution in [0.3, 0.4) is 0 Å². The zero-order chi connectivity index (χ0) is 16.3. The summed E-state index contributed by atoms with van der Waals surface area (Å²) in [5.74, 6) is -0.703. The molecule has 0 radical (unpaired) electrons. The quantitative estimate of drug-likeness (QED) is 0.591. The van der Waals surface area contributed by atoms with Gasteiger partial charge in [-0.05, 0) is 37.3 Å². The minimum Gasteiger partial charge on any atom is -0.508 e. The van der Waals surface area contributed by atoms with Gasteiger partial charge in [-0.3, -0.25) is 4.79 Å². The number of phenols is 2. The van der Waals surface area contributed by atoms with Crippen molar-refractivity contribution >= 4 is 34.8 Å². The Morgan fingerprint density at radius 1 is 1.09 bits per heavy atom. The van der Waals surface area contributed by atoms with Crippen LogP contribution in [-0.4, -0.2) is 21.8 Å². The summed E-state index contributed by atoms with van der Waals surface area (Å²) in [7, 11) is 0. The molecule has 114 valence electrons. The molecule has 0 saturated heterocycles. The number of phenolic OH excluding ortho intramolecular Hbond substituents is 2. The summed E-state index contributed by atoms with van der Waals surface area (Å²) >= 11 is 11.7. The van der Waals surface area contributed by atoms with E-state index < -0.39 is 5.91 Å². The van der Waals surface area contributed by atoms with Crippen molar-refractivity contribution in [2.75, 3.05) is 0 Å². The maximum absolute atomic E-state index is 12.0. The standard InChI is InChI=1S/C15H12Cl2N2O3/c1-8(11-5-3-10(20)7-14(11)21)18-19-15(22)12-4-2-9(16)6-13(12)17/h2-7,20-21H,1H3,(H,19,22)/b18-8+. The average Bonchev–Trinajstić information content (AvgIpc) is 2.44. The number of nitrogens with zero attached hydrogens (tertiary/aromatic N) is 1. The van der Waals surface area contributed by atoms with Crippen molar-refractivity contribution in [2.24, 2.45) is 5.10 Å². The fraction of sp³-hybridized carbons (Fsp3) is 0.0667. The summed E-state index contributed by atoms with van der Waals surface area (Å²) in [5.41, 5.74) is 3.34. The van der Waals surface area contributed by atoms with E-state index in [1.54, 1.807) is 13.0 Å². The first-order chi connectivity index (χ1) is 10.4. The van der Waals surface area contributed by atoms with Crippen LogP contribution in [0, 0.1) is 0 Å². The molecule has 0 aromatic heterocycles. The van der Waals surface area contributed by atoms with Crippen LogP contribution in [0.1, 0.15) is 22.8 Å². The summed E-state index contributed by atoms with van der Waals surface area (Å²) < 4.78 is 0. The van der Waals surface area contributed by atoms with Crippen LogP contribution in [-0.2, 0) is 0 Å². The molecular formula is C15H12Cl2N2O3. The van der Waals surface area contributed by atoms with Crippen molar-refractivity contribution in [1.82, 2.24) is 5.43 Å². The first-order valence-electron chi connectivity index (χ1n) is 6.20. The molecule has 22 heavy (non-hydrogen) atoms. The molecule has 2 rings (SSSR count). The van der Waals surface area contributed by atoms with Gasteiger partial charge in [-0.15, -0.1) is 0 Å². The number of amides is 1. The zero-order valence-electron chi connectivity index (χ0n) is 11.5. The molecule has 5 nitrogen and oxygen atoms in total. The van der Waals surface area contributed by atoms with Crippen LogP contribution in [0.4, 0.5) is 0 Å². The molecule has 0 spiro atoms. The maximum Gasteiger partial charge on any atom is 0.272 e. The molecular weight excluding hydrogens is 327 g/mol. The number of hydrogen-bond acceptors (Lipinski definition) is 4. The number of hydrogen-bond donors (Lipinski definition) is 3. The highest BCUT2D eigenvalue weighted by Crippen LogP contribution is 2.23. The van der Waals surface area contributed by atoms with Crippen molar-refractivity contribution in [2.45, 2.75) is 6.92 Å². The minimum atomic E-state index is -0.501. The number of halogens is 2. The predicted molar refractivity (Wildman–Crippen MR) is 85.9 cm³/mol. The first-order valence-corrected chi connectivity index (χ1v) is 6.96. The first kappa shape index (κ1) is 16.1. The summed E-state index contributed by atoms with van der Waals surface area (Å²) in [6.07, 6.45) is 0. The lowest BCUT2D eigenvalue weighted by molar-refractivity contribution is 0.0955. The van der Waals surface area contributed by atoms with E-state index in [-0.39, 0.29) is 22.1 Å². The Hall–Kier alpha value is -2.24. The van der Waals surface area contributed by atoms with Crippen LogP contribution in [0.25, 0.3) is 0 Å². The number of rotatable bonds is 3. The largest absolute Gasteiger partial charge is 0.508 e. The van der Waals surface area contributed by atoms with Gasteiger partial charge in [0.15, 0.2) is 0 Å². The molecule has 0 atom stereocenters. The fourth-order valence-electron chi connectivity index (χ4n) is 1.75. The van der Waals surface area contributed by atoms with Crippen molar-refractivity contribution in [3.63, 3.8) is 0 Å². The van der Waals surface area contributed by atoms with Gasteiger partial charge in [0, 0.05) is 16.7 Å². The van der Waals surface area contributed by atoms with Gasteiger partial charge in [-0.2, -0.15) is 5.10 Å². The second-order valence-electron chi connectivity index (χ2n) is 4.46. The Morgan fingerprint density at radius 3 is 2.41 bits per heavy atom. The van der Waals surface area contributed by atoms with Crippen molar-refractivity contribution in [3.8, 4) is 11.5 Å². The van der Waals surface area contributed by atoms with Crippen molar-refractivity contribution in [1.29, 1.82) is 0 Å². The summed E-state index contributed by atoms with van der Waals surface area (Å²) in [6, 6.07) is 8.58. The molecule has 3 N–H and O–H groups in total. The Morgan fingerprint density at radius 2 is 1.77 bits per heavy atom. The molecule has 0 aliphatic rings. The summed E-state index contributed by atoms with van der Waals surface area (Å²) in [6.45, 7) is 1.61. The molecule has 0 aliphatic carbocycles. The minimum absolute atomic E-state index is 0.0639. The lowest BCUT2D eigenvalue weighted by atomic mass is 10.1. The highest BCUT2D eigenvalue weighted by atomic mass is 35.5. The van der Waals surface area contributed by atoms with Crippen LogP contribution in [0.15, 0.2) is 41.5 Å². The lowest BCUT2D eigenvalue weighted by Gasteiger charge is -2.06. The maximum atomic E-state index is 12.0. The summed E-state index contributed by atoms with van der Waals surface area (Å²) in [5, 5.41) is 23.5. The van der Waals surface area contributed by atoms with Gasteiger partial charge in [-0.1, -0.05) is 23.2 Å². The highest BCUT2D eigenvalue weighted by molar-refractivity contribution is 6.36. The van der Waals surface area contributed by atoms with Gasteiger partial charge < -0.3 is 10.2 Å². The van der Waals surface area contributed by atoms with E-state index in [0.29, 0.717) is 16.3 Å². The second kappa shape index (κ2) is 6.68. The van der Waals surface area contributed by atoms with Crippen molar-refractivity contribution < 1.29 is 15.0 Å². The number of nitrogens with one attached hydrogen (secondary N) is 1. The molecule has 0 bridgehead atoms. The Bertz CT molecular complexity index is 760. The topological polar surface area (TPSA) is 81.9 Å². The van der Waals surface area contributed by atoms with E-state index in [1.807, 2.05) is 0 Å². The summed E-state index contributed by atoms with van der Waals surface area (Å²) in [4.78, 5) is 12.0. The average molecular weight is 339 g/mol. The van der Waals surface area contributed by atoms with Gasteiger partial charge >= 0.3 is 0 Å². The number of carbonyl (C=O) groups is 1. The van der Waals surface area contributed by atoms with E-state index in [0.717, 1.165) is 0 Å². The number of carbonyl (C=O) groups excluding carboxylic acids is 1. The van der Waals surface area contributed by atoms with Gasteiger partial charge in [0.25, 0.3) is 5.91 Å². The molecule has 1 amide bonds. The van der Waals surface area contributed by atoms with Gasteiger partial charge in [0.2, 0.25) is 0 Å². The van der Waals surface area contributed by atoms with Crippen LogP contribution in [0.5, 0.6) is 11.5 Å². The highest BCUT2D eigenvalue weighted by Gasteiger charge is 2.11.